The third kappa shape index (κ3) is 3.96. The smallest absolute Gasteiger partial charge is 0.338 e. The van der Waals surface area contributed by atoms with E-state index in [1.54, 1.807) is 31.2 Å². The number of hydrogen-bond acceptors (Lipinski definition) is 8. The summed E-state index contributed by atoms with van der Waals surface area (Å²) in [5, 5.41) is 7.68. The first kappa shape index (κ1) is 19.8. The van der Waals surface area contributed by atoms with Gasteiger partial charge in [-0.15, -0.1) is 0 Å². The molecule has 4 rings (SSSR count). The molecule has 156 valence electrons. The quantitative estimate of drug-likeness (QED) is 0.641. The fourth-order valence-electron chi connectivity index (χ4n) is 3.71. The first-order valence-electron chi connectivity index (χ1n) is 9.96. The molecule has 9 nitrogen and oxygen atoms in total. The van der Waals surface area contributed by atoms with Crippen LogP contribution in [0.4, 0.5) is 11.5 Å². The van der Waals surface area contributed by atoms with Crippen LogP contribution in [0, 0.1) is 12.8 Å². The molecule has 2 aromatic heterocycles. The van der Waals surface area contributed by atoms with Crippen LogP contribution in [0.2, 0.25) is 0 Å². The van der Waals surface area contributed by atoms with Crippen LogP contribution in [0.1, 0.15) is 35.8 Å². The maximum atomic E-state index is 12.9. The number of fused-ring (bicyclic) bond motifs is 1. The maximum Gasteiger partial charge on any atom is 0.338 e. The highest BCUT2D eigenvalue weighted by Gasteiger charge is 2.28. The fourth-order valence-corrected chi connectivity index (χ4v) is 3.71. The highest BCUT2D eigenvalue weighted by Crippen LogP contribution is 2.29. The van der Waals surface area contributed by atoms with Crippen LogP contribution in [0.5, 0.6) is 0 Å². The molecular weight excluding hydrogens is 386 g/mol. The molecular formula is C21H23N5O4. The molecule has 1 aliphatic heterocycles. The summed E-state index contributed by atoms with van der Waals surface area (Å²) < 4.78 is 10.3. The number of anilines is 2. The van der Waals surface area contributed by atoms with E-state index in [0.29, 0.717) is 30.1 Å². The van der Waals surface area contributed by atoms with Crippen molar-refractivity contribution < 1.29 is 18.8 Å². The van der Waals surface area contributed by atoms with Gasteiger partial charge in [0.2, 0.25) is 5.91 Å². The number of hydrogen-bond donors (Lipinski definition) is 1. The Balaban J connectivity index is 1.48. The van der Waals surface area contributed by atoms with E-state index >= 15 is 0 Å². The molecule has 30 heavy (non-hydrogen) atoms. The zero-order chi connectivity index (χ0) is 21.1. The van der Waals surface area contributed by atoms with Crippen molar-refractivity contribution in [2.75, 3.05) is 29.9 Å². The van der Waals surface area contributed by atoms with Crippen LogP contribution >= 0.6 is 0 Å². The monoisotopic (exact) mass is 409 g/mol. The molecule has 0 spiro atoms. The minimum atomic E-state index is -0.408. The average molecular weight is 409 g/mol. The van der Waals surface area contributed by atoms with Crippen LogP contribution in [0.3, 0.4) is 0 Å². The summed E-state index contributed by atoms with van der Waals surface area (Å²) in [4.78, 5) is 35.5. The third-order valence-corrected chi connectivity index (χ3v) is 5.16. The second-order valence-electron chi connectivity index (χ2n) is 7.22. The van der Waals surface area contributed by atoms with Gasteiger partial charge >= 0.3 is 5.97 Å². The Labute approximate surface area is 173 Å². The van der Waals surface area contributed by atoms with Crippen molar-refractivity contribution in [3.8, 4) is 0 Å². The van der Waals surface area contributed by atoms with Crippen molar-refractivity contribution in [1.29, 1.82) is 0 Å². The van der Waals surface area contributed by atoms with Gasteiger partial charge in [-0.2, -0.15) is 4.98 Å². The number of carbonyl (C=O) groups is 2. The number of piperidine rings is 1. The van der Waals surface area contributed by atoms with Crippen molar-refractivity contribution >= 4 is 34.5 Å². The van der Waals surface area contributed by atoms with Gasteiger partial charge in [-0.3, -0.25) is 4.79 Å². The number of benzene rings is 1. The third-order valence-electron chi connectivity index (χ3n) is 5.16. The second-order valence-corrected chi connectivity index (χ2v) is 7.22. The number of aryl methyl sites for hydroxylation is 1. The molecule has 0 saturated carbocycles. The van der Waals surface area contributed by atoms with Gasteiger partial charge in [-0.1, -0.05) is 11.2 Å². The van der Waals surface area contributed by atoms with E-state index in [4.69, 9.17) is 9.26 Å². The van der Waals surface area contributed by atoms with Crippen molar-refractivity contribution in [3.63, 3.8) is 0 Å². The SMILES string of the molecule is CCOC(=O)c1cccc(NC(=O)[C@H]2CCCN(c3ncnc4onc(C)c34)C2)c1. The number of rotatable bonds is 5. The molecule has 0 bridgehead atoms. The van der Waals surface area contributed by atoms with E-state index in [0.717, 1.165) is 36.3 Å². The number of nitrogens with zero attached hydrogens (tertiary/aromatic N) is 4. The summed E-state index contributed by atoms with van der Waals surface area (Å²) in [6.07, 6.45) is 3.08. The Morgan fingerprint density at radius 3 is 3.03 bits per heavy atom. The predicted octanol–water partition coefficient (Wildman–Crippen LogP) is 2.96. The van der Waals surface area contributed by atoms with Gasteiger partial charge in [0.1, 0.15) is 17.5 Å². The molecule has 1 saturated heterocycles. The number of ether oxygens (including phenoxy) is 1. The van der Waals surface area contributed by atoms with Crippen molar-refractivity contribution in [3.05, 3.63) is 41.9 Å². The Kier molecular flexibility index (Phi) is 5.60. The summed E-state index contributed by atoms with van der Waals surface area (Å²) in [6.45, 7) is 5.22. The average Bonchev–Trinajstić information content (AvgIpc) is 3.15. The molecule has 1 aliphatic rings. The summed E-state index contributed by atoms with van der Waals surface area (Å²) in [5.74, 6) is 0.0260. The highest BCUT2D eigenvalue weighted by atomic mass is 16.5. The Morgan fingerprint density at radius 1 is 1.33 bits per heavy atom. The van der Waals surface area contributed by atoms with Crippen LogP contribution in [0.25, 0.3) is 11.1 Å². The fraction of sp³-hybridized carbons (Fsp3) is 0.381. The lowest BCUT2D eigenvalue weighted by molar-refractivity contribution is -0.120. The topological polar surface area (TPSA) is 110 Å². The largest absolute Gasteiger partial charge is 0.462 e. The molecule has 1 atom stereocenters. The minimum Gasteiger partial charge on any atom is -0.462 e. The van der Waals surface area contributed by atoms with Crippen LogP contribution in [-0.2, 0) is 9.53 Å². The van der Waals surface area contributed by atoms with Crippen LogP contribution in [0.15, 0.2) is 35.1 Å². The number of nitrogens with one attached hydrogen (secondary N) is 1. The van der Waals surface area contributed by atoms with Gasteiger partial charge in [-0.25, -0.2) is 9.78 Å². The lowest BCUT2D eigenvalue weighted by Gasteiger charge is -2.33. The molecule has 0 unspecified atom stereocenters. The van der Waals surface area contributed by atoms with E-state index in [1.807, 2.05) is 6.92 Å². The number of amides is 1. The summed E-state index contributed by atoms with van der Waals surface area (Å²) in [7, 11) is 0. The summed E-state index contributed by atoms with van der Waals surface area (Å²) in [6, 6.07) is 6.78. The van der Waals surface area contributed by atoms with E-state index in [9.17, 15) is 9.59 Å². The zero-order valence-corrected chi connectivity index (χ0v) is 16.9. The molecule has 0 aliphatic carbocycles. The van der Waals surface area contributed by atoms with E-state index in [2.05, 4.69) is 25.3 Å². The van der Waals surface area contributed by atoms with E-state index in [1.165, 1.54) is 6.33 Å². The predicted molar refractivity (Wildman–Crippen MR) is 110 cm³/mol. The van der Waals surface area contributed by atoms with E-state index < -0.39 is 5.97 Å². The molecule has 1 amide bonds. The Morgan fingerprint density at radius 2 is 2.20 bits per heavy atom. The van der Waals surface area contributed by atoms with Gasteiger partial charge in [0, 0.05) is 18.8 Å². The Hall–Kier alpha value is -3.49. The molecule has 0 radical (unpaired) electrons. The second kappa shape index (κ2) is 8.48. The van der Waals surface area contributed by atoms with Crippen LogP contribution in [-0.4, -0.2) is 46.7 Å². The van der Waals surface area contributed by atoms with Crippen molar-refractivity contribution in [2.45, 2.75) is 26.7 Å². The van der Waals surface area contributed by atoms with Crippen LogP contribution < -0.4 is 10.2 Å². The summed E-state index contributed by atoms with van der Waals surface area (Å²) >= 11 is 0. The molecule has 3 aromatic rings. The lowest BCUT2D eigenvalue weighted by Crippen LogP contribution is -2.41. The summed E-state index contributed by atoms with van der Waals surface area (Å²) in [5.41, 5.74) is 2.15. The van der Waals surface area contributed by atoms with Gasteiger partial charge in [0.15, 0.2) is 0 Å². The van der Waals surface area contributed by atoms with Gasteiger partial charge < -0.3 is 19.5 Å². The number of carbonyl (C=O) groups excluding carboxylic acids is 2. The molecule has 1 N–H and O–H groups in total. The maximum absolute atomic E-state index is 12.9. The van der Waals surface area contributed by atoms with Crippen molar-refractivity contribution in [1.82, 2.24) is 15.1 Å². The Bertz CT molecular complexity index is 1080. The first-order valence-corrected chi connectivity index (χ1v) is 9.96. The minimum absolute atomic E-state index is 0.0898. The van der Waals surface area contributed by atoms with E-state index in [-0.39, 0.29) is 11.8 Å². The first-order chi connectivity index (χ1) is 14.6. The van der Waals surface area contributed by atoms with Gasteiger partial charge in [0.05, 0.1) is 23.8 Å². The molecule has 9 heteroatoms. The normalized spacial score (nSPS) is 16.5. The van der Waals surface area contributed by atoms with Crippen molar-refractivity contribution in [2.24, 2.45) is 5.92 Å². The highest BCUT2D eigenvalue weighted by molar-refractivity contribution is 5.96. The molecule has 3 heterocycles. The standard InChI is InChI=1S/C21H23N5O4/c1-3-29-21(28)14-6-4-8-16(10-14)24-19(27)15-7-5-9-26(11-15)18-17-13(2)25-30-20(17)23-12-22-18/h4,6,8,10,12,15H,3,5,7,9,11H2,1-2H3,(H,24,27)/t15-/m0/s1. The molecule has 1 aromatic carbocycles. The zero-order valence-electron chi connectivity index (χ0n) is 16.9. The van der Waals surface area contributed by atoms with Gasteiger partial charge in [0.25, 0.3) is 5.71 Å². The number of esters is 1. The molecule has 1 fully saturated rings. The number of aromatic nitrogens is 3. The lowest BCUT2D eigenvalue weighted by atomic mass is 9.96. The van der Waals surface area contributed by atoms with Gasteiger partial charge in [-0.05, 0) is 44.9 Å².